The largest absolute Gasteiger partial charge is 0.357 e. The van der Waals surface area contributed by atoms with E-state index in [1.807, 2.05) is 19.9 Å². The van der Waals surface area contributed by atoms with E-state index in [9.17, 15) is 0 Å². The highest BCUT2D eigenvalue weighted by Crippen LogP contribution is 2.18. The maximum absolute atomic E-state index is 4.74. The quantitative estimate of drug-likeness (QED) is 0.274. The monoisotopic (exact) mass is 515 g/mol. The van der Waals surface area contributed by atoms with Crippen LogP contribution in [-0.2, 0) is 6.54 Å². The van der Waals surface area contributed by atoms with Crippen LogP contribution < -0.4 is 16.0 Å². The van der Waals surface area contributed by atoms with E-state index in [0.29, 0.717) is 6.54 Å². The van der Waals surface area contributed by atoms with E-state index < -0.39 is 0 Å². The van der Waals surface area contributed by atoms with Crippen LogP contribution in [0.1, 0.15) is 54.9 Å². The molecule has 0 aliphatic heterocycles. The molecule has 156 valence electrons. The van der Waals surface area contributed by atoms with Crippen LogP contribution in [0.25, 0.3) is 0 Å². The third kappa shape index (κ3) is 8.05. The molecule has 0 saturated heterocycles. The first kappa shape index (κ1) is 24.8. The molecule has 0 fully saturated rings. The number of benzene rings is 1. The van der Waals surface area contributed by atoms with E-state index >= 15 is 0 Å². The molecule has 1 unspecified atom stereocenters. The summed E-state index contributed by atoms with van der Waals surface area (Å²) in [6.45, 7) is 15.0. The van der Waals surface area contributed by atoms with Gasteiger partial charge in [0.25, 0.3) is 0 Å². The van der Waals surface area contributed by atoms with E-state index in [0.717, 1.165) is 29.8 Å². The van der Waals surface area contributed by atoms with E-state index in [4.69, 9.17) is 4.99 Å². The van der Waals surface area contributed by atoms with Crippen LogP contribution in [0.2, 0.25) is 0 Å². The Morgan fingerprint density at radius 1 is 1.18 bits per heavy atom. The Kier molecular flexibility index (Phi) is 10.4. The maximum Gasteiger partial charge on any atom is 0.191 e. The molecular formula is C21H34IN5S. The molecule has 0 aliphatic carbocycles. The molecule has 5 nitrogen and oxygen atoms in total. The Labute approximate surface area is 190 Å². The molecule has 1 aromatic heterocycles. The van der Waals surface area contributed by atoms with Gasteiger partial charge in [-0.25, -0.2) is 9.98 Å². The number of rotatable bonds is 8. The van der Waals surface area contributed by atoms with Crippen LogP contribution in [0.4, 0.5) is 0 Å². The Hall–Kier alpha value is -1.19. The van der Waals surface area contributed by atoms with Crippen molar-refractivity contribution >= 4 is 41.3 Å². The second-order valence-corrected chi connectivity index (χ2v) is 8.74. The van der Waals surface area contributed by atoms with Gasteiger partial charge in [0.05, 0.1) is 17.2 Å². The summed E-state index contributed by atoms with van der Waals surface area (Å²) in [6, 6.07) is 10.8. The molecule has 1 atom stereocenters. The summed E-state index contributed by atoms with van der Waals surface area (Å²) in [5.74, 6) is 0.838. The van der Waals surface area contributed by atoms with Crippen LogP contribution in [0.3, 0.4) is 0 Å². The zero-order valence-electron chi connectivity index (χ0n) is 17.8. The lowest BCUT2D eigenvalue weighted by molar-refractivity contribution is 0.345. The Morgan fingerprint density at radius 3 is 2.43 bits per heavy atom. The molecule has 0 bridgehead atoms. The van der Waals surface area contributed by atoms with E-state index in [2.05, 4.69) is 72.9 Å². The average molecular weight is 516 g/mol. The first-order valence-corrected chi connectivity index (χ1v) is 10.4. The van der Waals surface area contributed by atoms with Crippen LogP contribution in [0.5, 0.6) is 0 Å². The molecule has 1 aromatic carbocycles. The summed E-state index contributed by atoms with van der Waals surface area (Å²) in [4.78, 5) is 10.4. The van der Waals surface area contributed by atoms with Crippen molar-refractivity contribution in [2.75, 3.05) is 13.1 Å². The molecule has 2 aromatic rings. The van der Waals surface area contributed by atoms with Crippen molar-refractivity contribution in [2.24, 2.45) is 4.99 Å². The predicted octanol–water partition coefficient (Wildman–Crippen LogP) is 4.56. The van der Waals surface area contributed by atoms with Gasteiger partial charge >= 0.3 is 0 Å². The zero-order chi connectivity index (χ0) is 19.9. The number of halogens is 1. The molecule has 0 radical (unpaired) electrons. The second-order valence-electron chi connectivity index (χ2n) is 7.45. The van der Waals surface area contributed by atoms with Gasteiger partial charge in [-0.3, -0.25) is 0 Å². The van der Waals surface area contributed by atoms with Crippen LogP contribution in [-0.4, -0.2) is 29.6 Å². The van der Waals surface area contributed by atoms with Gasteiger partial charge < -0.3 is 16.0 Å². The van der Waals surface area contributed by atoms with Gasteiger partial charge in [-0.1, -0.05) is 30.3 Å². The number of aryl methyl sites for hydroxylation is 2. The molecule has 0 aliphatic rings. The van der Waals surface area contributed by atoms with Crippen molar-refractivity contribution in [3.05, 3.63) is 51.5 Å². The van der Waals surface area contributed by atoms with Gasteiger partial charge in [-0.05, 0) is 47.1 Å². The van der Waals surface area contributed by atoms with Crippen LogP contribution in [0.15, 0.2) is 35.3 Å². The molecule has 0 spiro atoms. The highest BCUT2D eigenvalue weighted by Gasteiger charge is 2.21. The number of guanidine groups is 1. The van der Waals surface area contributed by atoms with Gasteiger partial charge in [0.1, 0.15) is 0 Å². The van der Waals surface area contributed by atoms with Crippen molar-refractivity contribution in [3.63, 3.8) is 0 Å². The summed E-state index contributed by atoms with van der Waals surface area (Å²) < 4.78 is 0. The standard InChI is InChI=1S/C21H33N5S.HI/c1-7-22-20(23-13-19-16(3)25-17(4)27-19)24-14-21(5,6)26-15(2)18-11-9-8-10-12-18;/h8-12,15,26H,7,13-14H2,1-6H3,(H2,22,23,24);1H. The minimum atomic E-state index is -0.0809. The fourth-order valence-corrected chi connectivity index (χ4v) is 3.84. The molecule has 7 heteroatoms. The molecule has 3 N–H and O–H groups in total. The van der Waals surface area contributed by atoms with Crippen molar-refractivity contribution in [2.45, 2.75) is 59.7 Å². The molecule has 0 amide bonds. The number of hydrogen-bond acceptors (Lipinski definition) is 4. The predicted molar refractivity (Wildman–Crippen MR) is 132 cm³/mol. The minimum Gasteiger partial charge on any atom is -0.357 e. The highest BCUT2D eigenvalue weighted by molar-refractivity contribution is 14.0. The van der Waals surface area contributed by atoms with Gasteiger partial charge in [-0.15, -0.1) is 35.3 Å². The molecule has 0 saturated carbocycles. The normalized spacial score (nSPS) is 13.0. The van der Waals surface area contributed by atoms with Crippen molar-refractivity contribution in [1.82, 2.24) is 20.9 Å². The molecule has 2 rings (SSSR count). The Balaban J connectivity index is 0.00000392. The Morgan fingerprint density at radius 2 is 1.86 bits per heavy atom. The lowest BCUT2D eigenvalue weighted by Crippen LogP contribution is -2.52. The SMILES string of the molecule is CCNC(=NCc1sc(C)nc1C)NCC(C)(C)NC(C)c1ccccc1.I. The van der Waals surface area contributed by atoms with Gasteiger partial charge in [0, 0.05) is 29.5 Å². The third-order valence-corrected chi connectivity index (χ3v) is 5.39. The average Bonchev–Trinajstić information content (AvgIpc) is 2.95. The van der Waals surface area contributed by atoms with Crippen molar-refractivity contribution in [1.29, 1.82) is 0 Å². The van der Waals surface area contributed by atoms with Gasteiger partial charge in [0.15, 0.2) is 5.96 Å². The molecule has 28 heavy (non-hydrogen) atoms. The van der Waals surface area contributed by atoms with Crippen molar-refractivity contribution < 1.29 is 0 Å². The minimum absolute atomic E-state index is 0. The first-order valence-electron chi connectivity index (χ1n) is 9.58. The van der Waals surface area contributed by atoms with E-state index in [-0.39, 0.29) is 35.6 Å². The first-order chi connectivity index (χ1) is 12.8. The molecular weight excluding hydrogens is 481 g/mol. The number of thiazole rings is 1. The van der Waals surface area contributed by atoms with Gasteiger partial charge in [0.2, 0.25) is 0 Å². The van der Waals surface area contributed by atoms with E-state index in [1.165, 1.54) is 10.4 Å². The van der Waals surface area contributed by atoms with Crippen LogP contribution >= 0.6 is 35.3 Å². The number of nitrogens with one attached hydrogen (secondary N) is 3. The lowest BCUT2D eigenvalue weighted by Gasteiger charge is -2.31. The topological polar surface area (TPSA) is 61.3 Å². The summed E-state index contributed by atoms with van der Waals surface area (Å²) in [5.41, 5.74) is 2.29. The summed E-state index contributed by atoms with van der Waals surface area (Å²) in [7, 11) is 0. The zero-order valence-corrected chi connectivity index (χ0v) is 20.9. The summed E-state index contributed by atoms with van der Waals surface area (Å²) >= 11 is 1.72. The van der Waals surface area contributed by atoms with E-state index in [1.54, 1.807) is 11.3 Å². The maximum atomic E-state index is 4.74. The third-order valence-electron chi connectivity index (χ3n) is 4.33. The fraction of sp³-hybridized carbons (Fsp3) is 0.524. The highest BCUT2D eigenvalue weighted by atomic mass is 127. The molecule has 1 heterocycles. The Bertz CT molecular complexity index is 743. The number of aliphatic imine (C=N–C) groups is 1. The summed E-state index contributed by atoms with van der Waals surface area (Å²) in [5, 5.41) is 11.6. The van der Waals surface area contributed by atoms with Gasteiger partial charge in [-0.2, -0.15) is 0 Å². The smallest absolute Gasteiger partial charge is 0.191 e. The summed E-state index contributed by atoms with van der Waals surface area (Å²) in [6.07, 6.45) is 0. The second kappa shape index (κ2) is 11.7. The van der Waals surface area contributed by atoms with Crippen molar-refractivity contribution in [3.8, 4) is 0 Å². The number of aromatic nitrogens is 1. The fourth-order valence-electron chi connectivity index (χ4n) is 2.98. The number of hydrogen-bond donors (Lipinski definition) is 3. The number of nitrogens with zero attached hydrogens (tertiary/aromatic N) is 2. The lowest BCUT2D eigenvalue weighted by atomic mass is 10.0. The van der Waals surface area contributed by atoms with Crippen LogP contribution in [0, 0.1) is 13.8 Å².